The van der Waals surface area contributed by atoms with E-state index in [4.69, 9.17) is 0 Å². The van der Waals surface area contributed by atoms with E-state index < -0.39 is 28.8 Å². The summed E-state index contributed by atoms with van der Waals surface area (Å²) in [5.41, 5.74) is -1.07. The highest BCUT2D eigenvalue weighted by molar-refractivity contribution is 9.10. The first-order valence-electron chi connectivity index (χ1n) is 6.77. The minimum Gasteiger partial charge on any atom is -0.493 e. The van der Waals surface area contributed by atoms with E-state index in [0.717, 1.165) is 17.1 Å². The van der Waals surface area contributed by atoms with Gasteiger partial charge in [-0.2, -0.15) is 0 Å². The number of nitrogens with one attached hydrogen (secondary N) is 2. The predicted octanol–water partition coefficient (Wildman–Crippen LogP) is 1.63. The first-order valence-corrected chi connectivity index (χ1v) is 7.57. The van der Waals surface area contributed by atoms with Gasteiger partial charge in [0.2, 0.25) is 11.8 Å². The molecule has 130 valence electrons. The maximum atomic E-state index is 12.2. The van der Waals surface area contributed by atoms with Crippen LogP contribution in [0.3, 0.4) is 0 Å². The van der Waals surface area contributed by atoms with Crippen LogP contribution in [0.4, 0.5) is 0 Å². The first kappa shape index (κ1) is 18.7. The van der Waals surface area contributed by atoms with Gasteiger partial charge in [-0.1, -0.05) is 28.1 Å². The second kappa shape index (κ2) is 7.49. The summed E-state index contributed by atoms with van der Waals surface area (Å²) in [6.07, 6.45) is 2.10. The molecule has 2 aromatic heterocycles. The van der Waals surface area contributed by atoms with Gasteiger partial charge in [0.25, 0.3) is 11.1 Å². The van der Waals surface area contributed by atoms with E-state index >= 15 is 0 Å². The average molecular weight is 428 g/mol. The molecule has 0 aliphatic rings. The number of halogens is 2. The highest BCUT2D eigenvalue weighted by Crippen LogP contribution is 2.35. The summed E-state index contributed by atoms with van der Waals surface area (Å²) < 4.78 is 0.790. The molecule has 3 aromatic rings. The number of aromatic hydroxyl groups is 2. The molecule has 25 heavy (non-hydrogen) atoms. The molecule has 1 aromatic carbocycles. The molecule has 0 amide bonds. The molecule has 4 N–H and O–H groups in total. The van der Waals surface area contributed by atoms with Gasteiger partial charge in [-0.25, -0.2) is 9.97 Å². The molecule has 0 fully saturated rings. The fraction of sp³-hybridized carbons (Fsp3) is 0.0667. The first-order chi connectivity index (χ1) is 11.5. The van der Waals surface area contributed by atoms with E-state index in [1.54, 1.807) is 24.3 Å². The summed E-state index contributed by atoms with van der Waals surface area (Å²) in [6, 6.07) is 6.75. The summed E-state index contributed by atoms with van der Waals surface area (Å²) in [6.45, 7) is 0. The maximum absolute atomic E-state index is 12.2. The van der Waals surface area contributed by atoms with Gasteiger partial charge in [0.1, 0.15) is 0 Å². The Bertz CT molecular complexity index is 944. The summed E-state index contributed by atoms with van der Waals surface area (Å²) in [7, 11) is 0. The Hall–Kier alpha value is -2.65. The third-order valence-electron chi connectivity index (χ3n) is 3.52. The van der Waals surface area contributed by atoms with Crippen molar-refractivity contribution in [3.63, 3.8) is 0 Å². The van der Waals surface area contributed by atoms with Gasteiger partial charge in [-0.3, -0.25) is 9.59 Å². The van der Waals surface area contributed by atoms with Gasteiger partial charge >= 0.3 is 0 Å². The lowest BCUT2D eigenvalue weighted by Crippen LogP contribution is -2.24. The summed E-state index contributed by atoms with van der Waals surface area (Å²) in [5.74, 6) is -2.11. The van der Waals surface area contributed by atoms with Crippen LogP contribution in [0, 0.1) is 0 Å². The lowest BCUT2D eigenvalue weighted by Gasteiger charge is -2.17. The molecule has 0 aliphatic carbocycles. The third kappa shape index (κ3) is 3.57. The Morgan fingerprint density at radius 2 is 1.32 bits per heavy atom. The molecular weight excluding hydrogens is 416 g/mol. The second-order valence-electron chi connectivity index (χ2n) is 4.92. The maximum Gasteiger partial charge on any atom is 0.258 e. The lowest BCUT2D eigenvalue weighted by molar-refractivity contribution is 0.432. The van der Waals surface area contributed by atoms with Crippen molar-refractivity contribution in [1.29, 1.82) is 0 Å². The van der Waals surface area contributed by atoms with Crippen molar-refractivity contribution in [2.24, 2.45) is 0 Å². The number of nitrogens with zero attached hydrogens (tertiary/aromatic N) is 2. The Balaban J connectivity index is 0.00000225. The predicted molar refractivity (Wildman–Crippen MR) is 95.4 cm³/mol. The molecule has 2 heterocycles. The second-order valence-corrected chi connectivity index (χ2v) is 5.84. The zero-order valence-corrected chi connectivity index (χ0v) is 14.8. The highest BCUT2D eigenvalue weighted by Gasteiger charge is 2.29. The van der Waals surface area contributed by atoms with Crippen LogP contribution in [-0.4, -0.2) is 30.1 Å². The van der Waals surface area contributed by atoms with Gasteiger partial charge in [0.05, 0.1) is 29.7 Å². The molecule has 0 radical (unpaired) electrons. The molecule has 10 heteroatoms. The minimum atomic E-state index is -1.05. The highest BCUT2D eigenvalue weighted by atomic mass is 79.9. The summed E-state index contributed by atoms with van der Waals surface area (Å²) in [4.78, 5) is 36.5. The number of hydrogen-bond donors (Lipinski definition) is 4. The van der Waals surface area contributed by atoms with E-state index in [1.807, 2.05) is 0 Å². The number of aromatic nitrogens is 4. The largest absolute Gasteiger partial charge is 0.493 e. The van der Waals surface area contributed by atoms with Crippen LogP contribution in [0.5, 0.6) is 11.8 Å². The van der Waals surface area contributed by atoms with E-state index in [9.17, 15) is 19.8 Å². The van der Waals surface area contributed by atoms with Crippen LogP contribution in [-0.2, 0) is 0 Å². The molecule has 0 bridgehead atoms. The Kier molecular flexibility index (Phi) is 5.60. The molecule has 8 nitrogen and oxygen atoms in total. The molecule has 0 aliphatic heterocycles. The standard InChI is InChI=1S/C15H11BrN4O4.ClH/c16-8-3-1-7(2-4-8)9(10-12(21)17-5-18-13(10)22)11-14(23)19-6-20-15(11)24;/h1-6,9H,(H2,17,18,21,22)(H2,19,20,23,24);1H. The van der Waals surface area contributed by atoms with Crippen LogP contribution < -0.4 is 11.1 Å². The van der Waals surface area contributed by atoms with Crippen molar-refractivity contribution >= 4 is 28.3 Å². The Morgan fingerprint density at radius 3 is 1.72 bits per heavy atom. The molecule has 0 saturated carbocycles. The molecule has 0 unspecified atom stereocenters. The fourth-order valence-corrected chi connectivity index (χ4v) is 2.72. The number of hydrogen-bond acceptors (Lipinski definition) is 6. The third-order valence-corrected chi connectivity index (χ3v) is 4.05. The van der Waals surface area contributed by atoms with Crippen molar-refractivity contribution < 1.29 is 10.2 Å². The van der Waals surface area contributed by atoms with Gasteiger partial charge in [0.15, 0.2) is 0 Å². The van der Waals surface area contributed by atoms with E-state index in [2.05, 4.69) is 35.9 Å². The molecule has 0 atom stereocenters. The SMILES string of the molecule is Cl.O=c1[nH]cnc(O)c1C(c1ccc(Br)cc1)c1c(O)nc[nH]c1=O. The van der Waals surface area contributed by atoms with E-state index in [-0.39, 0.29) is 23.5 Å². The van der Waals surface area contributed by atoms with Gasteiger partial charge in [-0.15, -0.1) is 12.4 Å². The minimum absolute atomic E-state index is 0. The Morgan fingerprint density at radius 1 is 0.880 bits per heavy atom. The summed E-state index contributed by atoms with van der Waals surface area (Å²) >= 11 is 3.31. The van der Waals surface area contributed by atoms with Gasteiger partial charge < -0.3 is 20.2 Å². The van der Waals surface area contributed by atoms with Crippen LogP contribution in [0.15, 0.2) is 51.0 Å². The molecule has 3 rings (SSSR count). The van der Waals surface area contributed by atoms with Gasteiger partial charge in [-0.05, 0) is 17.7 Å². The molecule has 0 saturated heterocycles. The quantitative estimate of drug-likeness (QED) is 0.502. The van der Waals surface area contributed by atoms with Crippen molar-refractivity contribution in [3.8, 4) is 11.8 Å². The van der Waals surface area contributed by atoms with E-state index in [0.29, 0.717) is 5.56 Å². The number of rotatable bonds is 3. The topological polar surface area (TPSA) is 132 Å². The van der Waals surface area contributed by atoms with E-state index in [1.165, 1.54) is 0 Å². The van der Waals surface area contributed by atoms with Crippen molar-refractivity contribution in [1.82, 2.24) is 19.9 Å². The van der Waals surface area contributed by atoms with Crippen molar-refractivity contribution in [2.45, 2.75) is 5.92 Å². The lowest BCUT2D eigenvalue weighted by atomic mass is 9.87. The molecular formula is C15H12BrClN4O4. The van der Waals surface area contributed by atoms with Crippen molar-refractivity contribution in [2.75, 3.05) is 0 Å². The fourth-order valence-electron chi connectivity index (χ4n) is 2.46. The Labute approximate surface area is 155 Å². The zero-order valence-electron chi connectivity index (χ0n) is 12.4. The van der Waals surface area contributed by atoms with Gasteiger partial charge in [0, 0.05) is 4.47 Å². The monoisotopic (exact) mass is 426 g/mol. The average Bonchev–Trinajstić information content (AvgIpc) is 2.54. The van der Waals surface area contributed by atoms with Crippen LogP contribution in [0.25, 0.3) is 0 Å². The molecule has 0 spiro atoms. The van der Waals surface area contributed by atoms with Crippen LogP contribution >= 0.6 is 28.3 Å². The summed E-state index contributed by atoms with van der Waals surface area (Å²) in [5, 5.41) is 20.1. The smallest absolute Gasteiger partial charge is 0.258 e. The van der Waals surface area contributed by atoms with Crippen LogP contribution in [0.2, 0.25) is 0 Å². The van der Waals surface area contributed by atoms with Crippen LogP contribution in [0.1, 0.15) is 22.6 Å². The number of H-pyrrole nitrogens is 2. The van der Waals surface area contributed by atoms with Crippen molar-refractivity contribution in [3.05, 3.63) is 78.8 Å². The number of benzene rings is 1. The normalized spacial score (nSPS) is 10.5. The zero-order chi connectivity index (χ0) is 17.3. The number of aromatic amines is 2.